The van der Waals surface area contributed by atoms with Crippen LogP contribution in [0.4, 0.5) is 0 Å². The molecule has 29 heavy (non-hydrogen) atoms. The molecule has 4 rings (SSSR count). The molecule has 150 valence electrons. The van der Waals surface area contributed by atoms with Crippen LogP contribution in [0.15, 0.2) is 43.4 Å². The molecule has 0 saturated carbocycles. The fraction of sp³-hybridized carbons (Fsp3) is 0.263. The molecule has 10 heteroatoms. The van der Waals surface area contributed by atoms with Gasteiger partial charge in [0.25, 0.3) is 11.1 Å². The molecule has 0 bridgehead atoms. The zero-order valence-electron chi connectivity index (χ0n) is 16.2. The molecule has 3 aromatic rings. The molecule has 0 amide bonds. The molecule has 1 atom stereocenters. The van der Waals surface area contributed by atoms with Crippen molar-refractivity contribution in [3.63, 3.8) is 0 Å². The zero-order valence-corrected chi connectivity index (χ0v) is 16.2. The van der Waals surface area contributed by atoms with Crippen LogP contribution in [0.1, 0.15) is 22.6 Å². The Morgan fingerprint density at radius 2 is 1.34 bits per heavy atom. The molecule has 0 unspecified atom stereocenters. The normalized spacial score (nSPS) is 14.8. The van der Waals surface area contributed by atoms with Crippen molar-refractivity contribution >= 4 is 0 Å². The average molecular weight is 398 g/mol. The van der Waals surface area contributed by atoms with Gasteiger partial charge in [-0.2, -0.15) is 0 Å². The number of aromatic nitrogens is 4. The first-order valence-corrected chi connectivity index (χ1v) is 8.72. The predicted octanol–water partition coefficient (Wildman–Crippen LogP) is -0.527. The van der Waals surface area contributed by atoms with Crippen molar-refractivity contribution in [2.75, 3.05) is 0 Å². The minimum atomic E-state index is -1.04. The maximum Gasteiger partial charge on any atom is 0.333 e. The second kappa shape index (κ2) is 6.09. The minimum absolute atomic E-state index is 0.0166. The van der Waals surface area contributed by atoms with Crippen LogP contribution in [-0.2, 0) is 28.2 Å². The van der Waals surface area contributed by atoms with E-state index in [4.69, 9.17) is 4.74 Å². The summed E-state index contributed by atoms with van der Waals surface area (Å²) in [7, 11) is 5.38. The topological polar surface area (TPSA) is 117 Å². The molecule has 2 aromatic heterocycles. The summed E-state index contributed by atoms with van der Waals surface area (Å²) in [5, 5.41) is 10.7. The van der Waals surface area contributed by atoms with Gasteiger partial charge in [-0.1, -0.05) is 18.2 Å². The SMILES string of the molecule is Cn1c(O)c([C@H]2c3ccccc3Oc3c2c(=O)n(C)c(=O)n3C)c(=O)n(C)c1=O. The first-order valence-electron chi connectivity index (χ1n) is 8.72. The van der Waals surface area contributed by atoms with Crippen molar-refractivity contribution in [2.24, 2.45) is 28.2 Å². The summed E-state index contributed by atoms with van der Waals surface area (Å²) in [6.45, 7) is 0. The Labute approximate surface area is 163 Å². The molecule has 0 aliphatic carbocycles. The van der Waals surface area contributed by atoms with Crippen LogP contribution in [0.2, 0.25) is 0 Å². The molecule has 10 nitrogen and oxygen atoms in total. The second-order valence-corrected chi connectivity index (χ2v) is 6.94. The third kappa shape index (κ3) is 2.35. The number of ether oxygens (including phenoxy) is 1. The molecule has 1 N–H and O–H groups in total. The van der Waals surface area contributed by atoms with Gasteiger partial charge >= 0.3 is 11.4 Å². The van der Waals surface area contributed by atoms with Crippen LogP contribution in [0.25, 0.3) is 0 Å². The van der Waals surface area contributed by atoms with E-state index in [1.807, 2.05) is 0 Å². The summed E-state index contributed by atoms with van der Waals surface area (Å²) in [5.41, 5.74) is -2.36. The maximum absolute atomic E-state index is 13.0. The zero-order chi connectivity index (χ0) is 21.2. The molecular formula is C19H18N4O6. The Kier molecular flexibility index (Phi) is 3.89. The van der Waals surface area contributed by atoms with Gasteiger partial charge in [-0.3, -0.25) is 27.9 Å². The highest BCUT2D eigenvalue weighted by molar-refractivity contribution is 5.57. The van der Waals surface area contributed by atoms with Crippen LogP contribution < -0.4 is 27.2 Å². The van der Waals surface area contributed by atoms with E-state index < -0.39 is 34.3 Å². The van der Waals surface area contributed by atoms with Gasteiger partial charge in [0.2, 0.25) is 11.8 Å². The molecule has 1 aliphatic rings. The lowest BCUT2D eigenvalue weighted by Crippen LogP contribution is -2.44. The second-order valence-electron chi connectivity index (χ2n) is 6.94. The lowest BCUT2D eigenvalue weighted by molar-refractivity contribution is 0.381. The highest BCUT2D eigenvalue weighted by Crippen LogP contribution is 2.45. The summed E-state index contributed by atoms with van der Waals surface area (Å²) >= 11 is 0. The molecular weight excluding hydrogens is 380 g/mol. The Hall–Kier alpha value is -3.82. The van der Waals surface area contributed by atoms with E-state index in [1.54, 1.807) is 24.3 Å². The van der Waals surface area contributed by atoms with Crippen molar-refractivity contribution in [2.45, 2.75) is 5.92 Å². The van der Waals surface area contributed by atoms with Crippen LogP contribution in [0, 0.1) is 0 Å². The van der Waals surface area contributed by atoms with Crippen LogP contribution >= 0.6 is 0 Å². The van der Waals surface area contributed by atoms with Crippen molar-refractivity contribution < 1.29 is 9.84 Å². The van der Waals surface area contributed by atoms with Gasteiger partial charge in [-0.15, -0.1) is 0 Å². The fourth-order valence-electron chi connectivity index (χ4n) is 3.71. The van der Waals surface area contributed by atoms with Crippen LogP contribution in [-0.4, -0.2) is 23.4 Å². The smallest absolute Gasteiger partial charge is 0.333 e. The number of para-hydroxylation sites is 1. The minimum Gasteiger partial charge on any atom is -0.494 e. The van der Waals surface area contributed by atoms with Gasteiger partial charge in [0.1, 0.15) is 5.75 Å². The van der Waals surface area contributed by atoms with Gasteiger partial charge in [0.05, 0.1) is 17.0 Å². The van der Waals surface area contributed by atoms with Crippen molar-refractivity contribution in [3.8, 4) is 17.5 Å². The highest BCUT2D eigenvalue weighted by atomic mass is 16.5. The summed E-state index contributed by atoms with van der Waals surface area (Å²) in [4.78, 5) is 50.6. The number of nitrogens with zero attached hydrogens (tertiary/aromatic N) is 4. The highest BCUT2D eigenvalue weighted by Gasteiger charge is 2.38. The molecule has 0 spiro atoms. The Bertz CT molecular complexity index is 1390. The van der Waals surface area contributed by atoms with Crippen molar-refractivity contribution in [3.05, 3.63) is 82.6 Å². The number of benzene rings is 1. The standard InChI is InChI=1S/C19H18N4O6/c1-20-14(24)12(15(25)21(2)18(20)27)11-9-7-5-6-8-10(9)29-17-13(11)16(26)22(3)19(28)23(17)4/h5-8,11,24H,1-4H3/t11-/m1/s1. The first-order chi connectivity index (χ1) is 13.7. The van der Waals surface area contributed by atoms with Crippen molar-refractivity contribution in [1.82, 2.24) is 18.3 Å². The van der Waals surface area contributed by atoms with E-state index >= 15 is 0 Å². The Balaban J connectivity index is 2.24. The number of aromatic hydroxyl groups is 1. The summed E-state index contributed by atoms with van der Waals surface area (Å²) in [6, 6.07) is 6.71. The number of hydrogen-bond donors (Lipinski definition) is 1. The lowest BCUT2D eigenvalue weighted by atomic mass is 9.84. The third-order valence-corrected chi connectivity index (χ3v) is 5.33. The van der Waals surface area contributed by atoms with Crippen LogP contribution in [0.5, 0.6) is 17.5 Å². The van der Waals surface area contributed by atoms with Crippen LogP contribution in [0.3, 0.4) is 0 Å². The molecule has 0 radical (unpaired) electrons. The number of hydrogen-bond acceptors (Lipinski definition) is 6. The van der Waals surface area contributed by atoms with Gasteiger partial charge < -0.3 is 9.84 Å². The van der Waals surface area contributed by atoms with Gasteiger partial charge in [0.15, 0.2) is 0 Å². The summed E-state index contributed by atoms with van der Waals surface area (Å²) in [6.07, 6.45) is 0. The number of fused-ring (bicyclic) bond motifs is 2. The molecule has 0 fully saturated rings. The summed E-state index contributed by atoms with van der Waals surface area (Å²) in [5.74, 6) is -1.27. The van der Waals surface area contributed by atoms with E-state index in [0.717, 1.165) is 13.7 Å². The predicted molar refractivity (Wildman–Crippen MR) is 103 cm³/mol. The van der Waals surface area contributed by atoms with Gasteiger partial charge in [-0.25, -0.2) is 9.59 Å². The monoisotopic (exact) mass is 398 g/mol. The van der Waals surface area contributed by atoms with E-state index in [2.05, 4.69) is 0 Å². The van der Waals surface area contributed by atoms with Crippen molar-refractivity contribution in [1.29, 1.82) is 0 Å². The number of rotatable bonds is 1. The molecule has 0 saturated heterocycles. The lowest BCUT2D eigenvalue weighted by Gasteiger charge is -2.29. The third-order valence-electron chi connectivity index (χ3n) is 5.33. The van der Waals surface area contributed by atoms with Gasteiger partial charge in [-0.05, 0) is 6.07 Å². The largest absolute Gasteiger partial charge is 0.494 e. The maximum atomic E-state index is 13.0. The van der Waals surface area contributed by atoms with E-state index in [1.165, 1.54) is 32.8 Å². The van der Waals surface area contributed by atoms with E-state index in [9.17, 15) is 24.3 Å². The molecule has 1 aliphatic heterocycles. The average Bonchev–Trinajstić information content (AvgIpc) is 2.73. The molecule has 1 aromatic carbocycles. The quantitative estimate of drug-likeness (QED) is 0.461. The Morgan fingerprint density at radius 1 is 0.793 bits per heavy atom. The van der Waals surface area contributed by atoms with E-state index in [-0.39, 0.29) is 17.0 Å². The van der Waals surface area contributed by atoms with Gasteiger partial charge in [0, 0.05) is 33.8 Å². The summed E-state index contributed by atoms with van der Waals surface area (Å²) < 4.78 is 9.70. The van der Waals surface area contributed by atoms with E-state index in [0.29, 0.717) is 11.3 Å². The fourth-order valence-corrected chi connectivity index (χ4v) is 3.71. The first kappa shape index (κ1) is 18.5. The Morgan fingerprint density at radius 3 is 2.00 bits per heavy atom. The molecule has 3 heterocycles.